The number of halogens is 1. The van der Waals surface area contributed by atoms with E-state index in [2.05, 4.69) is 10.2 Å². The number of rotatable bonds is 5. The van der Waals surface area contributed by atoms with E-state index in [0.717, 1.165) is 24.0 Å². The van der Waals surface area contributed by atoms with Crippen molar-refractivity contribution in [3.63, 3.8) is 0 Å². The number of piperidine rings is 1. The van der Waals surface area contributed by atoms with Gasteiger partial charge >= 0.3 is 12.1 Å². The van der Waals surface area contributed by atoms with Crippen molar-refractivity contribution in [2.45, 2.75) is 85.1 Å². The van der Waals surface area contributed by atoms with Gasteiger partial charge in [0.25, 0.3) is 5.56 Å². The third-order valence-corrected chi connectivity index (χ3v) is 7.77. The van der Waals surface area contributed by atoms with Crippen LogP contribution in [0.15, 0.2) is 41.2 Å². The van der Waals surface area contributed by atoms with Crippen LogP contribution in [-0.4, -0.2) is 56.5 Å². The van der Waals surface area contributed by atoms with E-state index in [4.69, 9.17) is 14.5 Å². The zero-order chi connectivity index (χ0) is 32.8. The second-order valence-electron chi connectivity index (χ2n) is 13.8. The minimum atomic E-state index is -0.671. The van der Waals surface area contributed by atoms with Gasteiger partial charge in [-0.05, 0) is 103 Å². The second-order valence-corrected chi connectivity index (χ2v) is 13.8. The van der Waals surface area contributed by atoms with Crippen LogP contribution in [0.5, 0.6) is 0 Å². The minimum Gasteiger partial charge on any atom is -0.456 e. The molecule has 1 aliphatic rings. The normalized spacial score (nSPS) is 15.8. The van der Waals surface area contributed by atoms with Gasteiger partial charge in [-0.3, -0.25) is 4.79 Å². The first-order valence-electron chi connectivity index (χ1n) is 15.3. The number of imidazole rings is 1. The van der Waals surface area contributed by atoms with Crippen LogP contribution < -0.4 is 15.8 Å². The zero-order valence-electron chi connectivity index (χ0n) is 27.3. The number of aryl methyl sites for hydroxylation is 2. The molecule has 1 N–H and O–H groups in total. The summed E-state index contributed by atoms with van der Waals surface area (Å²) in [7, 11) is 1.66. The highest BCUT2D eigenvalue weighted by molar-refractivity contribution is 6.05. The van der Waals surface area contributed by atoms with Crippen molar-refractivity contribution in [3.8, 4) is 0 Å². The lowest BCUT2D eigenvalue weighted by Gasteiger charge is -2.34. The second kappa shape index (κ2) is 11.8. The molecule has 1 fully saturated rings. The summed E-state index contributed by atoms with van der Waals surface area (Å²) in [5, 5.41) is 3.67. The van der Waals surface area contributed by atoms with Gasteiger partial charge in [0.2, 0.25) is 5.95 Å². The third-order valence-electron chi connectivity index (χ3n) is 7.77. The molecule has 1 amide bonds. The molecule has 1 atom stereocenters. The van der Waals surface area contributed by atoms with Crippen LogP contribution in [0.3, 0.4) is 0 Å². The number of carbonyl (C=O) groups is 2. The molecule has 2 aromatic heterocycles. The molecule has 0 unspecified atom stereocenters. The largest absolute Gasteiger partial charge is 0.456 e. The summed E-state index contributed by atoms with van der Waals surface area (Å²) in [5.74, 6) is -0.305. The highest BCUT2D eigenvalue weighted by atomic mass is 19.1. The average molecular weight is 620 g/mol. The number of nitrogens with one attached hydrogen (secondary N) is 1. The van der Waals surface area contributed by atoms with Crippen LogP contribution in [0.4, 0.5) is 15.1 Å². The van der Waals surface area contributed by atoms with Crippen molar-refractivity contribution < 1.29 is 23.5 Å². The molecule has 4 aromatic rings. The van der Waals surface area contributed by atoms with Gasteiger partial charge in [0.1, 0.15) is 28.1 Å². The van der Waals surface area contributed by atoms with E-state index in [-0.39, 0.29) is 24.0 Å². The van der Waals surface area contributed by atoms with Crippen LogP contribution in [0.2, 0.25) is 0 Å². The summed E-state index contributed by atoms with van der Waals surface area (Å²) in [6.07, 6.45) is 1.05. The van der Waals surface area contributed by atoms with Crippen LogP contribution in [0, 0.1) is 12.7 Å². The van der Waals surface area contributed by atoms with E-state index in [1.54, 1.807) is 52.1 Å². The summed E-state index contributed by atoms with van der Waals surface area (Å²) in [6, 6.07) is 9.53. The predicted octanol–water partition coefficient (Wildman–Crippen LogP) is 5.83. The Kier molecular flexibility index (Phi) is 8.41. The van der Waals surface area contributed by atoms with Crippen molar-refractivity contribution >= 4 is 39.9 Å². The van der Waals surface area contributed by atoms with Gasteiger partial charge in [-0.2, -0.15) is 0 Å². The molecule has 3 heterocycles. The van der Waals surface area contributed by atoms with Crippen molar-refractivity contribution in [2.24, 2.45) is 7.05 Å². The van der Waals surface area contributed by atoms with Crippen LogP contribution >= 0.6 is 0 Å². The third kappa shape index (κ3) is 6.97. The molecule has 10 nitrogen and oxygen atoms in total. The molecule has 0 aliphatic carbocycles. The summed E-state index contributed by atoms with van der Waals surface area (Å²) >= 11 is 0. The number of amides is 1. The van der Waals surface area contributed by atoms with E-state index >= 15 is 0 Å². The SMILES string of the molecule is Cc1ccc(F)cc1Cn1c(N2CCC[C@@H](NC(=O)OC(C)(C)C)C2)nc2c3ccc(C(=O)OC(C)(C)C)cc3n(C)c(=O)c21. The van der Waals surface area contributed by atoms with Crippen LogP contribution in [0.25, 0.3) is 21.9 Å². The Morgan fingerprint density at radius 1 is 1.04 bits per heavy atom. The first-order valence-corrected chi connectivity index (χ1v) is 15.3. The summed E-state index contributed by atoms with van der Waals surface area (Å²) in [4.78, 5) is 46.6. The molecule has 1 aliphatic heterocycles. The lowest BCUT2D eigenvalue weighted by Crippen LogP contribution is -2.49. The number of esters is 1. The quantitative estimate of drug-likeness (QED) is 0.280. The maximum atomic E-state index is 14.4. The number of pyridine rings is 1. The van der Waals surface area contributed by atoms with Crippen LogP contribution in [-0.2, 0) is 23.1 Å². The monoisotopic (exact) mass is 619 g/mol. The van der Waals surface area contributed by atoms with Crippen molar-refractivity contribution in [2.75, 3.05) is 18.0 Å². The van der Waals surface area contributed by atoms with E-state index in [1.807, 2.05) is 32.3 Å². The number of anilines is 1. The molecule has 5 rings (SSSR count). The molecule has 2 aromatic carbocycles. The minimum absolute atomic E-state index is 0.200. The van der Waals surface area contributed by atoms with Crippen molar-refractivity contribution in [1.82, 2.24) is 19.4 Å². The van der Waals surface area contributed by atoms with Gasteiger partial charge in [0.15, 0.2) is 0 Å². The lowest BCUT2D eigenvalue weighted by molar-refractivity contribution is 0.00693. The number of nitrogens with zero attached hydrogens (tertiary/aromatic N) is 4. The number of carbonyl (C=O) groups excluding carboxylic acids is 2. The number of ether oxygens (including phenoxy) is 2. The first-order chi connectivity index (χ1) is 21.0. The number of hydrogen-bond acceptors (Lipinski definition) is 7. The van der Waals surface area contributed by atoms with E-state index in [0.29, 0.717) is 46.5 Å². The van der Waals surface area contributed by atoms with Crippen molar-refractivity contribution in [1.29, 1.82) is 0 Å². The van der Waals surface area contributed by atoms with Gasteiger partial charge in [-0.1, -0.05) is 6.07 Å². The molecule has 240 valence electrons. The van der Waals surface area contributed by atoms with Crippen molar-refractivity contribution in [3.05, 3.63) is 69.3 Å². The first kappa shape index (κ1) is 32.0. The van der Waals surface area contributed by atoms with Gasteiger partial charge in [-0.25, -0.2) is 19.0 Å². The molecule has 0 saturated carbocycles. The van der Waals surface area contributed by atoms with E-state index in [1.165, 1.54) is 16.7 Å². The number of hydrogen-bond donors (Lipinski definition) is 1. The predicted molar refractivity (Wildman–Crippen MR) is 172 cm³/mol. The fourth-order valence-electron chi connectivity index (χ4n) is 5.71. The number of fused-ring (bicyclic) bond motifs is 3. The summed E-state index contributed by atoms with van der Waals surface area (Å²) < 4.78 is 28.8. The van der Waals surface area contributed by atoms with Crippen LogP contribution in [0.1, 0.15) is 75.9 Å². The molecule has 11 heteroatoms. The molecule has 1 saturated heterocycles. The van der Waals surface area contributed by atoms with Gasteiger partial charge in [-0.15, -0.1) is 0 Å². The Morgan fingerprint density at radius 2 is 1.76 bits per heavy atom. The Hall–Kier alpha value is -4.41. The van der Waals surface area contributed by atoms with E-state index in [9.17, 15) is 18.8 Å². The highest BCUT2D eigenvalue weighted by Crippen LogP contribution is 2.31. The Labute approximate surface area is 262 Å². The molecule has 0 spiro atoms. The number of benzene rings is 2. The Bertz CT molecular complexity index is 1850. The smallest absolute Gasteiger partial charge is 0.407 e. The molecule has 45 heavy (non-hydrogen) atoms. The molecule has 0 radical (unpaired) electrons. The van der Waals surface area contributed by atoms with Gasteiger partial charge < -0.3 is 28.8 Å². The summed E-state index contributed by atoms with van der Waals surface area (Å²) in [5.41, 5.74) is 1.73. The zero-order valence-corrected chi connectivity index (χ0v) is 27.3. The topological polar surface area (TPSA) is 108 Å². The van der Waals surface area contributed by atoms with E-state index < -0.39 is 23.3 Å². The number of aromatic nitrogens is 3. The highest BCUT2D eigenvalue weighted by Gasteiger charge is 2.29. The number of alkyl carbamates (subject to hydrolysis) is 1. The Morgan fingerprint density at radius 3 is 2.44 bits per heavy atom. The molecular formula is C34H42FN5O5. The Balaban J connectivity index is 1.64. The summed E-state index contributed by atoms with van der Waals surface area (Å²) in [6.45, 7) is 14.1. The standard InChI is InChI=1S/C34H42FN5O5/c1-20-11-13-23(35)16-22(20)18-40-28-27(37-31(40)39-15-9-10-24(19-39)36-32(43)45-34(5,6)7)25-14-12-21(30(42)44-33(2,3)4)17-26(25)38(8)29(28)41/h11-14,16-17,24H,9-10,15,18-19H2,1-8H3,(H,36,43)/t24-/m1/s1. The van der Waals surface area contributed by atoms with Gasteiger partial charge in [0.05, 0.1) is 17.6 Å². The fraction of sp³-hybridized carbons (Fsp3) is 0.471. The maximum absolute atomic E-state index is 14.4. The molecular weight excluding hydrogens is 577 g/mol. The molecule has 0 bridgehead atoms. The van der Waals surface area contributed by atoms with Gasteiger partial charge in [0, 0.05) is 31.6 Å². The maximum Gasteiger partial charge on any atom is 0.407 e. The average Bonchev–Trinajstić information content (AvgIpc) is 3.31. The fourth-order valence-corrected chi connectivity index (χ4v) is 5.71. The lowest BCUT2D eigenvalue weighted by atomic mass is 10.1.